The number of benzene rings is 1. The summed E-state index contributed by atoms with van der Waals surface area (Å²) in [6, 6.07) is 8.26. The van der Waals surface area contributed by atoms with Crippen LogP contribution in [-0.2, 0) is 16.1 Å². The van der Waals surface area contributed by atoms with Crippen molar-refractivity contribution < 1.29 is 36.4 Å². The van der Waals surface area contributed by atoms with Gasteiger partial charge in [0.15, 0.2) is 12.4 Å². The number of hydrogen-bond acceptors (Lipinski definition) is 4. The van der Waals surface area contributed by atoms with Crippen LogP contribution in [0.15, 0.2) is 42.7 Å². The van der Waals surface area contributed by atoms with E-state index in [2.05, 4.69) is 10.6 Å². The Morgan fingerprint density at radius 3 is 2.38 bits per heavy atom. The lowest BCUT2D eigenvalue weighted by Gasteiger charge is -2.13. The number of halogens is 1. The molecule has 0 saturated carbocycles. The Hall–Kier alpha value is -2.80. The molecule has 128 valence electrons. The van der Waals surface area contributed by atoms with Gasteiger partial charge in [0.1, 0.15) is 11.5 Å². The van der Waals surface area contributed by atoms with Crippen molar-refractivity contribution in [3.05, 3.63) is 42.7 Å². The van der Waals surface area contributed by atoms with Gasteiger partial charge in [-0.25, -0.2) is 0 Å². The fourth-order valence-electron chi connectivity index (χ4n) is 2.02. The number of pyridine rings is 1. The molecule has 2 aromatic rings. The lowest BCUT2D eigenvalue weighted by atomic mass is 10.2. The predicted octanol–water partition coefficient (Wildman–Crippen LogP) is -1.71. The third kappa shape index (κ3) is 5.13. The van der Waals surface area contributed by atoms with E-state index in [0.717, 1.165) is 0 Å². The van der Waals surface area contributed by atoms with Crippen LogP contribution in [0.1, 0.15) is 6.92 Å². The lowest BCUT2D eigenvalue weighted by molar-refractivity contribution is -0.684. The van der Waals surface area contributed by atoms with Crippen LogP contribution in [0.2, 0.25) is 0 Å². The summed E-state index contributed by atoms with van der Waals surface area (Å²) in [5.41, 5.74) is 0.533. The number of carbonyl (C=O) groups is 2. The summed E-state index contributed by atoms with van der Waals surface area (Å²) in [6.07, 6.45) is 3.53. The van der Waals surface area contributed by atoms with E-state index < -0.39 is 0 Å². The maximum absolute atomic E-state index is 12.0. The molecule has 0 aliphatic rings. The SMILES string of the molecule is COc1cc(NC(=O)C[n+]2ccccc2)c(O)cc1NC(C)=O.[Cl-]. The summed E-state index contributed by atoms with van der Waals surface area (Å²) in [5, 5.41) is 15.2. The number of amides is 2. The Labute approximate surface area is 145 Å². The van der Waals surface area contributed by atoms with E-state index in [4.69, 9.17) is 4.74 Å². The van der Waals surface area contributed by atoms with Gasteiger partial charge in [0.25, 0.3) is 5.91 Å². The predicted molar refractivity (Wildman–Crippen MR) is 84.2 cm³/mol. The van der Waals surface area contributed by atoms with Gasteiger partial charge in [-0.05, 0) is 0 Å². The maximum atomic E-state index is 12.0. The average Bonchev–Trinajstić information content (AvgIpc) is 2.50. The molecule has 0 fully saturated rings. The Kier molecular flexibility index (Phi) is 7.00. The fourth-order valence-corrected chi connectivity index (χ4v) is 2.02. The first kappa shape index (κ1) is 19.2. The van der Waals surface area contributed by atoms with Gasteiger partial charge in [0.2, 0.25) is 12.5 Å². The molecule has 0 spiro atoms. The first-order valence-electron chi connectivity index (χ1n) is 6.92. The van der Waals surface area contributed by atoms with Gasteiger partial charge >= 0.3 is 0 Å². The molecule has 0 saturated heterocycles. The number of aromatic hydroxyl groups is 1. The van der Waals surface area contributed by atoms with Gasteiger partial charge in [-0.2, -0.15) is 4.57 Å². The highest BCUT2D eigenvalue weighted by Crippen LogP contribution is 2.35. The Morgan fingerprint density at radius 2 is 1.79 bits per heavy atom. The Morgan fingerprint density at radius 1 is 1.12 bits per heavy atom. The summed E-state index contributed by atoms with van der Waals surface area (Å²) >= 11 is 0. The fraction of sp³-hybridized carbons (Fsp3) is 0.188. The molecule has 3 N–H and O–H groups in total. The van der Waals surface area contributed by atoms with Gasteiger partial charge in [-0.3, -0.25) is 9.59 Å². The van der Waals surface area contributed by atoms with Crippen molar-refractivity contribution in [2.45, 2.75) is 13.5 Å². The third-order valence-corrected chi connectivity index (χ3v) is 3.01. The molecule has 0 aliphatic carbocycles. The summed E-state index contributed by atoms with van der Waals surface area (Å²) in [6.45, 7) is 1.46. The molecule has 1 heterocycles. The van der Waals surface area contributed by atoms with E-state index in [9.17, 15) is 14.7 Å². The number of phenols is 1. The van der Waals surface area contributed by atoms with Crippen LogP contribution in [0, 0.1) is 0 Å². The second-order valence-electron chi connectivity index (χ2n) is 4.85. The minimum Gasteiger partial charge on any atom is -1.00 e. The molecule has 0 radical (unpaired) electrons. The Bertz CT molecular complexity index is 723. The van der Waals surface area contributed by atoms with Crippen LogP contribution >= 0.6 is 0 Å². The summed E-state index contributed by atoms with van der Waals surface area (Å²) < 4.78 is 6.86. The number of aromatic nitrogens is 1. The summed E-state index contributed by atoms with van der Waals surface area (Å²) in [4.78, 5) is 23.2. The van der Waals surface area contributed by atoms with E-state index in [1.54, 1.807) is 17.0 Å². The molecular weight excluding hydrogens is 334 g/mol. The van der Waals surface area contributed by atoms with Gasteiger partial charge in [0.05, 0.1) is 18.5 Å². The number of nitrogens with one attached hydrogen (secondary N) is 2. The standard InChI is InChI=1S/C16H17N3O4.ClH/c1-11(20)17-13-8-14(21)12(9-15(13)23-2)18-16(22)10-19-6-4-3-5-7-19;/h3-9H,10H2,1-2H3,(H2-,17,18,20,21,22);1H. The number of nitrogens with zero attached hydrogens (tertiary/aromatic N) is 1. The van der Waals surface area contributed by atoms with Crippen molar-refractivity contribution in [1.82, 2.24) is 0 Å². The second kappa shape index (κ2) is 8.73. The van der Waals surface area contributed by atoms with Crippen LogP contribution in [0.3, 0.4) is 0 Å². The molecule has 2 rings (SSSR count). The largest absolute Gasteiger partial charge is 1.00 e. The number of anilines is 2. The maximum Gasteiger partial charge on any atom is 0.290 e. The number of phenolic OH excluding ortho intramolecular Hbond substituents is 1. The van der Waals surface area contributed by atoms with Crippen molar-refractivity contribution in [1.29, 1.82) is 0 Å². The average molecular weight is 352 g/mol. The number of methoxy groups -OCH3 is 1. The molecule has 0 unspecified atom stereocenters. The minimum atomic E-state index is -0.300. The number of rotatable bonds is 5. The van der Waals surface area contributed by atoms with Gasteiger partial charge in [0, 0.05) is 31.2 Å². The zero-order chi connectivity index (χ0) is 16.8. The molecule has 7 nitrogen and oxygen atoms in total. The van der Waals surface area contributed by atoms with E-state index in [0.29, 0.717) is 11.4 Å². The lowest BCUT2D eigenvalue weighted by Crippen LogP contribution is -3.00. The summed E-state index contributed by atoms with van der Waals surface area (Å²) in [7, 11) is 1.43. The number of ether oxygens (including phenoxy) is 1. The molecule has 24 heavy (non-hydrogen) atoms. The highest BCUT2D eigenvalue weighted by atomic mass is 35.5. The highest BCUT2D eigenvalue weighted by Gasteiger charge is 2.15. The highest BCUT2D eigenvalue weighted by molar-refractivity contribution is 5.95. The van der Waals surface area contributed by atoms with Crippen molar-refractivity contribution in [3.8, 4) is 11.5 Å². The zero-order valence-electron chi connectivity index (χ0n) is 13.2. The van der Waals surface area contributed by atoms with Crippen LogP contribution < -0.4 is 32.3 Å². The first-order chi connectivity index (χ1) is 11.0. The molecule has 1 aromatic heterocycles. The van der Waals surface area contributed by atoms with Gasteiger partial charge in [-0.15, -0.1) is 0 Å². The monoisotopic (exact) mass is 351 g/mol. The van der Waals surface area contributed by atoms with Crippen molar-refractivity contribution in [2.24, 2.45) is 0 Å². The van der Waals surface area contributed by atoms with E-state index in [1.807, 2.05) is 18.2 Å². The van der Waals surface area contributed by atoms with Crippen molar-refractivity contribution in [3.63, 3.8) is 0 Å². The van der Waals surface area contributed by atoms with Gasteiger partial charge < -0.3 is 32.9 Å². The third-order valence-electron chi connectivity index (χ3n) is 3.01. The van der Waals surface area contributed by atoms with Crippen LogP contribution in [0.25, 0.3) is 0 Å². The summed E-state index contributed by atoms with van der Waals surface area (Å²) in [5.74, 6) is -0.424. The van der Waals surface area contributed by atoms with Crippen molar-refractivity contribution in [2.75, 3.05) is 17.7 Å². The molecular formula is C16H18ClN3O4. The molecule has 1 aromatic carbocycles. The van der Waals surface area contributed by atoms with Crippen LogP contribution in [0.4, 0.5) is 11.4 Å². The second-order valence-corrected chi connectivity index (χ2v) is 4.85. The zero-order valence-corrected chi connectivity index (χ0v) is 14.0. The van der Waals surface area contributed by atoms with Crippen molar-refractivity contribution >= 4 is 23.2 Å². The van der Waals surface area contributed by atoms with E-state index in [1.165, 1.54) is 26.2 Å². The molecule has 0 aliphatic heterocycles. The first-order valence-corrected chi connectivity index (χ1v) is 6.92. The molecule has 2 amide bonds. The van der Waals surface area contributed by atoms with Crippen LogP contribution in [0.5, 0.6) is 11.5 Å². The normalized spacial score (nSPS) is 9.58. The van der Waals surface area contributed by atoms with Crippen LogP contribution in [-0.4, -0.2) is 24.0 Å². The number of carbonyl (C=O) groups excluding carboxylic acids is 2. The molecule has 0 atom stereocenters. The Balaban J connectivity index is 0.00000288. The molecule has 0 bridgehead atoms. The van der Waals surface area contributed by atoms with E-state index in [-0.39, 0.29) is 42.2 Å². The topological polar surface area (TPSA) is 91.5 Å². The smallest absolute Gasteiger partial charge is 0.290 e. The minimum absolute atomic E-state index is 0. The number of hydrogen-bond donors (Lipinski definition) is 3. The molecule has 8 heteroatoms. The quantitative estimate of drug-likeness (QED) is 0.442. The van der Waals surface area contributed by atoms with E-state index >= 15 is 0 Å². The van der Waals surface area contributed by atoms with Gasteiger partial charge in [-0.1, -0.05) is 6.07 Å².